The maximum Gasteiger partial charge on any atom is 0.241 e. The number of aliphatic hydroxyl groups excluding tert-OH is 1. The van der Waals surface area contributed by atoms with Crippen molar-refractivity contribution in [3.63, 3.8) is 0 Å². The quantitative estimate of drug-likeness (QED) is 0.928. The summed E-state index contributed by atoms with van der Waals surface area (Å²) >= 11 is 3.43. The van der Waals surface area contributed by atoms with Crippen molar-refractivity contribution in [2.24, 2.45) is 0 Å². The van der Waals surface area contributed by atoms with Gasteiger partial charge in [-0.15, -0.1) is 0 Å². The third-order valence-corrected chi connectivity index (χ3v) is 4.09. The first kappa shape index (κ1) is 13.7. The molecule has 1 saturated heterocycles. The number of likely N-dealkylation sites (tertiary alicyclic amines) is 1. The van der Waals surface area contributed by atoms with Crippen LogP contribution >= 0.6 is 15.9 Å². The van der Waals surface area contributed by atoms with Gasteiger partial charge in [-0.05, 0) is 31.5 Å². The fourth-order valence-electron chi connectivity index (χ4n) is 2.55. The van der Waals surface area contributed by atoms with E-state index in [9.17, 15) is 5.11 Å². The molecule has 3 rings (SSSR count). The molecule has 1 atom stereocenters. The Balaban J connectivity index is 1.74. The second kappa shape index (κ2) is 6.03. The summed E-state index contributed by atoms with van der Waals surface area (Å²) in [5.41, 5.74) is 0.925. The molecule has 1 aliphatic heterocycles. The number of benzene rings is 1. The minimum absolute atomic E-state index is 0.187. The number of aliphatic hydroxyl groups is 1. The lowest BCUT2D eigenvalue weighted by atomic mass is 10.2. The zero-order valence-electron chi connectivity index (χ0n) is 11.0. The number of hydrogen-bond donors (Lipinski definition) is 1. The van der Waals surface area contributed by atoms with Crippen molar-refractivity contribution in [2.75, 3.05) is 13.2 Å². The van der Waals surface area contributed by atoms with E-state index in [0.717, 1.165) is 29.4 Å². The predicted molar refractivity (Wildman–Crippen MR) is 78.0 cm³/mol. The Hall–Kier alpha value is -1.24. The highest BCUT2D eigenvalue weighted by Crippen LogP contribution is 2.22. The SMILES string of the molecule is OC[C@H]1CCCN1Cc1nc(-c2cccc(Br)c2)no1. The van der Waals surface area contributed by atoms with Crippen LogP contribution in [-0.2, 0) is 6.54 Å². The zero-order chi connectivity index (χ0) is 13.9. The second-order valence-corrected chi connectivity index (χ2v) is 5.89. The molecule has 106 valence electrons. The lowest BCUT2D eigenvalue weighted by molar-refractivity contribution is 0.141. The first-order valence-corrected chi connectivity index (χ1v) is 7.49. The van der Waals surface area contributed by atoms with Gasteiger partial charge in [-0.3, -0.25) is 4.90 Å². The Morgan fingerprint density at radius 1 is 1.45 bits per heavy atom. The predicted octanol–water partition coefficient (Wildman–Crippen LogP) is 2.46. The highest BCUT2D eigenvalue weighted by Gasteiger charge is 2.25. The summed E-state index contributed by atoms with van der Waals surface area (Å²) in [7, 11) is 0. The van der Waals surface area contributed by atoms with E-state index < -0.39 is 0 Å². The number of halogens is 1. The molecular weight excluding hydrogens is 322 g/mol. The molecule has 1 aromatic carbocycles. The molecule has 1 N–H and O–H groups in total. The minimum atomic E-state index is 0.187. The topological polar surface area (TPSA) is 62.4 Å². The van der Waals surface area contributed by atoms with Crippen LogP contribution < -0.4 is 0 Å². The van der Waals surface area contributed by atoms with Crippen LogP contribution in [0.25, 0.3) is 11.4 Å². The van der Waals surface area contributed by atoms with Crippen molar-refractivity contribution < 1.29 is 9.63 Å². The molecule has 2 heterocycles. The van der Waals surface area contributed by atoms with E-state index in [2.05, 4.69) is 31.0 Å². The normalized spacial score (nSPS) is 19.6. The zero-order valence-corrected chi connectivity index (χ0v) is 12.6. The molecule has 0 saturated carbocycles. The van der Waals surface area contributed by atoms with Gasteiger partial charge in [0.05, 0.1) is 13.2 Å². The van der Waals surface area contributed by atoms with Gasteiger partial charge in [0, 0.05) is 16.1 Å². The largest absolute Gasteiger partial charge is 0.395 e. The van der Waals surface area contributed by atoms with E-state index in [1.165, 1.54) is 0 Å². The third-order valence-electron chi connectivity index (χ3n) is 3.60. The van der Waals surface area contributed by atoms with Crippen LogP contribution in [0.1, 0.15) is 18.7 Å². The molecule has 0 bridgehead atoms. The molecule has 0 spiro atoms. The molecule has 0 radical (unpaired) electrons. The number of hydrogen-bond acceptors (Lipinski definition) is 5. The van der Waals surface area contributed by atoms with Crippen LogP contribution in [0.5, 0.6) is 0 Å². The summed E-state index contributed by atoms with van der Waals surface area (Å²) < 4.78 is 6.30. The van der Waals surface area contributed by atoms with Crippen LogP contribution in [-0.4, -0.2) is 39.3 Å². The molecule has 1 aliphatic rings. The van der Waals surface area contributed by atoms with Gasteiger partial charge in [-0.1, -0.05) is 33.2 Å². The van der Waals surface area contributed by atoms with Gasteiger partial charge >= 0.3 is 0 Å². The summed E-state index contributed by atoms with van der Waals surface area (Å²) in [6.07, 6.45) is 2.14. The molecule has 6 heteroatoms. The van der Waals surface area contributed by atoms with Gasteiger partial charge < -0.3 is 9.63 Å². The molecule has 1 fully saturated rings. The van der Waals surface area contributed by atoms with Gasteiger partial charge in [-0.2, -0.15) is 4.98 Å². The van der Waals surface area contributed by atoms with E-state index >= 15 is 0 Å². The summed E-state index contributed by atoms with van der Waals surface area (Å²) in [6, 6.07) is 8.03. The van der Waals surface area contributed by atoms with Gasteiger partial charge in [0.2, 0.25) is 11.7 Å². The maximum absolute atomic E-state index is 9.31. The molecule has 0 amide bonds. The van der Waals surface area contributed by atoms with Crippen LogP contribution in [0.3, 0.4) is 0 Å². The Morgan fingerprint density at radius 3 is 3.15 bits per heavy atom. The first-order valence-electron chi connectivity index (χ1n) is 6.69. The average molecular weight is 338 g/mol. The lowest BCUT2D eigenvalue weighted by Crippen LogP contribution is -2.31. The molecule has 20 heavy (non-hydrogen) atoms. The lowest BCUT2D eigenvalue weighted by Gasteiger charge is -2.20. The van der Waals surface area contributed by atoms with Crippen molar-refractivity contribution >= 4 is 15.9 Å². The van der Waals surface area contributed by atoms with Crippen LogP contribution in [0.2, 0.25) is 0 Å². The molecule has 0 unspecified atom stereocenters. The fourth-order valence-corrected chi connectivity index (χ4v) is 2.95. The third kappa shape index (κ3) is 2.92. The van der Waals surface area contributed by atoms with Gasteiger partial charge in [0.1, 0.15) is 0 Å². The van der Waals surface area contributed by atoms with Crippen LogP contribution in [0.15, 0.2) is 33.3 Å². The molecule has 5 nitrogen and oxygen atoms in total. The molecule has 1 aromatic heterocycles. The molecule has 0 aliphatic carbocycles. The number of aromatic nitrogens is 2. The Labute approximate surface area is 125 Å². The van der Waals surface area contributed by atoms with Crippen molar-refractivity contribution in [1.29, 1.82) is 0 Å². The van der Waals surface area contributed by atoms with Crippen molar-refractivity contribution in [1.82, 2.24) is 15.0 Å². The second-order valence-electron chi connectivity index (χ2n) is 4.97. The highest BCUT2D eigenvalue weighted by atomic mass is 79.9. The smallest absolute Gasteiger partial charge is 0.241 e. The van der Waals surface area contributed by atoms with Crippen molar-refractivity contribution in [2.45, 2.75) is 25.4 Å². The highest BCUT2D eigenvalue weighted by molar-refractivity contribution is 9.10. The molecule has 2 aromatic rings. The van der Waals surface area contributed by atoms with Crippen LogP contribution in [0, 0.1) is 0 Å². The summed E-state index contributed by atoms with van der Waals surface area (Å²) in [5, 5.41) is 13.3. The Morgan fingerprint density at radius 2 is 2.35 bits per heavy atom. The minimum Gasteiger partial charge on any atom is -0.395 e. The van der Waals surface area contributed by atoms with Gasteiger partial charge in [0.15, 0.2) is 0 Å². The average Bonchev–Trinajstić information content (AvgIpc) is 3.08. The van der Waals surface area contributed by atoms with Gasteiger partial charge in [-0.25, -0.2) is 0 Å². The number of rotatable bonds is 4. The van der Waals surface area contributed by atoms with E-state index in [4.69, 9.17) is 4.52 Å². The van der Waals surface area contributed by atoms with Gasteiger partial charge in [0.25, 0.3) is 0 Å². The summed E-state index contributed by atoms with van der Waals surface area (Å²) in [5.74, 6) is 1.20. The van der Waals surface area contributed by atoms with E-state index in [-0.39, 0.29) is 12.6 Å². The standard InChI is InChI=1S/C14H16BrN3O2/c15-11-4-1-3-10(7-11)14-16-13(20-17-14)8-18-6-2-5-12(18)9-19/h1,3-4,7,12,19H,2,5-6,8-9H2/t12-/m1/s1. The summed E-state index contributed by atoms with van der Waals surface area (Å²) in [4.78, 5) is 6.62. The maximum atomic E-state index is 9.31. The fraction of sp³-hybridized carbons (Fsp3) is 0.429. The number of nitrogens with zero attached hydrogens (tertiary/aromatic N) is 3. The monoisotopic (exact) mass is 337 g/mol. The van der Waals surface area contributed by atoms with Crippen molar-refractivity contribution in [3.8, 4) is 11.4 Å². The van der Waals surface area contributed by atoms with E-state index in [1.807, 2.05) is 24.3 Å². The Bertz CT molecular complexity index is 587. The first-order chi connectivity index (χ1) is 9.76. The van der Waals surface area contributed by atoms with E-state index in [0.29, 0.717) is 18.3 Å². The molecular formula is C14H16BrN3O2. The van der Waals surface area contributed by atoms with E-state index in [1.54, 1.807) is 0 Å². The summed E-state index contributed by atoms with van der Waals surface area (Å²) in [6.45, 7) is 1.76. The van der Waals surface area contributed by atoms with Crippen molar-refractivity contribution in [3.05, 3.63) is 34.6 Å². The Kier molecular flexibility index (Phi) is 4.14. The van der Waals surface area contributed by atoms with Crippen LogP contribution in [0.4, 0.5) is 0 Å².